The third kappa shape index (κ3) is 3.82. The predicted octanol–water partition coefficient (Wildman–Crippen LogP) is 11.0. The van der Waals surface area contributed by atoms with Gasteiger partial charge in [-0.05, 0) is 82.4 Å². The summed E-state index contributed by atoms with van der Waals surface area (Å²) in [7, 11) is 0. The predicted molar refractivity (Wildman–Crippen MR) is 171 cm³/mol. The molecule has 0 radical (unpaired) electrons. The molecule has 8 rings (SSSR count). The molecule has 0 bridgehead atoms. The van der Waals surface area contributed by atoms with Crippen molar-refractivity contribution < 1.29 is 9.47 Å². The van der Waals surface area contributed by atoms with E-state index in [0.717, 1.165) is 45.6 Å². The molecule has 0 spiro atoms. The Morgan fingerprint density at radius 2 is 1.05 bits per heavy atom. The molecule has 6 aromatic carbocycles. The summed E-state index contributed by atoms with van der Waals surface area (Å²) in [6.45, 7) is 4.58. The van der Waals surface area contributed by atoms with Gasteiger partial charge in [0.25, 0.3) is 0 Å². The van der Waals surface area contributed by atoms with E-state index in [0.29, 0.717) is 0 Å². The summed E-state index contributed by atoms with van der Waals surface area (Å²) in [5.74, 6) is 3.02. The van der Waals surface area contributed by atoms with Crippen molar-refractivity contribution in [1.82, 2.24) is 0 Å². The summed E-state index contributed by atoms with van der Waals surface area (Å²) in [5, 5.41) is 0. The standard InChI is InChI=1S/C39H29NO2/c1-39(2)32-22-21-30(25-31(32)37-33(39)23-24-36-38(37)42-35-16-10-9-15-34(35)41-36)40(28-13-7-4-8-14-28)29-19-17-27(18-20-29)26-11-5-3-6-12-26/h3-25H,1-2H3. The maximum Gasteiger partial charge on any atom is 0.178 e. The molecule has 0 amide bonds. The van der Waals surface area contributed by atoms with Gasteiger partial charge in [-0.1, -0.05) is 98.8 Å². The Hall–Kier alpha value is -5.28. The van der Waals surface area contributed by atoms with Gasteiger partial charge in [0.2, 0.25) is 0 Å². The van der Waals surface area contributed by atoms with Crippen LogP contribution in [0.1, 0.15) is 25.0 Å². The third-order valence-corrected chi connectivity index (χ3v) is 8.53. The van der Waals surface area contributed by atoms with E-state index in [-0.39, 0.29) is 5.41 Å². The van der Waals surface area contributed by atoms with Gasteiger partial charge in [-0.3, -0.25) is 0 Å². The minimum Gasteiger partial charge on any atom is -0.449 e. The summed E-state index contributed by atoms with van der Waals surface area (Å²) in [6.07, 6.45) is 0. The summed E-state index contributed by atoms with van der Waals surface area (Å²) >= 11 is 0. The van der Waals surface area contributed by atoms with Gasteiger partial charge in [0.1, 0.15) is 0 Å². The van der Waals surface area contributed by atoms with Crippen LogP contribution in [0.5, 0.6) is 23.0 Å². The molecule has 1 heterocycles. The second-order valence-corrected chi connectivity index (χ2v) is 11.4. The van der Waals surface area contributed by atoms with Crippen molar-refractivity contribution in [2.75, 3.05) is 4.90 Å². The number of rotatable bonds is 4. The lowest BCUT2D eigenvalue weighted by Gasteiger charge is -2.27. The highest BCUT2D eigenvalue weighted by molar-refractivity contribution is 5.91. The topological polar surface area (TPSA) is 21.7 Å². The van der Waals surface area contributed by atoms with Crippen LogP contribution >= 0.6 is 0 Å². The van der Waals surface area contributed by atoms with Crippen molar-refractivity contribution in [3.63, 3.8) is 0 Å². The van der Waals surface area contributed by atoms with Crippen LogP contribution in [0.15, 0.2) is 140 Å². The zero-order valence-corrected chi connectivity index (χ0v) is 23.5. The molecule has 0 atom stereocenters. The number of ether oxygens (including phenoxy) is 2. The molecule has 3 nitrogen and oxygen atoms in total. The van der Waals surface area contributed by atoms with Gasteiger partial charge >= 0.3 is 0 Å². The Kier molecular flexibility index (Phi) is 5.48. The highest BCUT2D eigenvalue weighted by Gasteiger charge is 2.40. The molecular formula is C39H29NO2. The van der Waals surface area contributed by atoms with Crippen molar-refractivity contribution in [3.05, 3.63) is 151 Å². The minimum absolute atomic E-state index is 0.173. The quantitative estimate of drug-likeness (QED) is 0.220. The van der Waals surface area contributed by atoms with E-state index in [2.05, 4.69) is 128 Å². The van der Waals surface area contributed by atoms with Crippen LogP contribution in [0.25, 0.3) is 22.3 Å². The molecule has 0 fully saturated rings. The largest absolute Gasteiger partial charge is 0.449 e. The molecule has 3 heteroatoms. The van der Waals surface area contributed by atoms with E-state index in [1.807, 2.05) is 30.3 Å². The Labute approximate surface area is 246 Å². The average Bonchev–Trinajstić information content (AvgIpc) is 3.27. The van der Waals surface area contributed by atoms with E-state index in [1.54, 1.807) is 0 Å². The fraction of sp³-hybridized carbons (Fsp3) is 0.0769. The van der Waals surface area contributed by atoms with Crippen molar-refractivity contribution in [2.24, 2.45) is 0 Å². The van der Waals surface area contributed by atoms with Gasteiger partial charge in [0.05, 0.1) is 0 Å². The Bertz CT molecular complexity index is 1940. The third-order valence-electron chi connectivity index (χ3n) is 8.53. The normalized spacial score (nSPS) is 13.6. The number of fused-ring (bicyclic) bond motifs is 6. The Morgan fingerprint density at radius 3 is 1.79 bits per heavy atom. The highest BCUT2D eigenvalue weighted by atomic mass is 16.6. The zero-order chi connectivity index (χ0) is 28.3. The first-order valence-electron chi connectivity index (χ1n) is 14.4. The molecule has 6 aromatic rings. The highest BCUT2D eigenvalue weighted by Crippen LogP contribution is 2.59. The first kappa shape index (κ1) is 24.5. The van der Waals surface area contributed by atoms with Crippen molar-refractivity contribution in [2.45, 2.75) is 19.3 Å². The van der Waals surface area contributed by atoms with E-state index in [9.17, 15) is 0 Å². The van der Waals surface area contributed by atoms with Crippen LogP contribution in [-0.2, 0) is 5.41 Å². The fourth-order valence-electron chi connectivity index (χ4n) is 6.41. The SMILES string of the molecule is CC1(C)c2ccc(N(c3ccccc3)c3ccc(-c4ccccc4)cc3)cc2-c2c1ccc1c2Oc2ccccc2O1. The molecule has 1 aliphatic carbocycles. The summed E-state index contributed by atoms with van der Waals surface area (Å²) in [6, 6.07) is 48.8. The lowest BCUT2D eigenvalue weighted by atomic mass is 9.82. The van der Waals surface area contributed by atoms with Crippen molar-refractivity contribution in [1.29, 1.82) is 0 Å². The molecule has 42 heavy (non-hydrogen) atoms. The minimum atomic E-state index is -0.173. The van der Waals surface area contributed by atoms with Gasteiger partial charge in [0.15, 0.2) is 23.0 Å². The lowest BCUT2D eigenvalue weighted by molar-refractivity contribution is 0.360. The van der Waals surface area contributed by atoms with Gasteiger partial charge in [-0.15, -0.1) is 0 Å². The second kappa shape index (κ2) is 9.39. The van der Waals surface area contributed by atoms with Crippen LogP contribution in [0, 0.1) is 0 Å². The van der Waals surface area contributed by atoms with Crippen molar-refractivity contribution in [3.8, 4) is 45.3 Å². The first-order chi connectivity index (χ1) is 20.6. The molecule has 0 aromatic heterocycles. The van der Waals surface area contributed by atoms with E-state index in [1.165, 1.54) is 27.8 Å². The number of nitrogens with zero attached hydrogens (tertiary/aromatic N) is 1. The van der Waals surface area contributed by atoms with Gasteiger partial charge in [-0.25, -0.2) is 0 Å². The zero-order valence-electron chi connectivity index (χ0n) is 23.5. The number of benzene rings is 6. The summed E-state index contributed by atoms with van der Waals surface area (Å²) in [4.78, 5) is 2.32. The van der Waals surface area contributed by atoms with Gasteiger partial charge < -0.3 is 14.4 Å². The van der Waals surface area contributed by atoms with Crippen LogP contribution in [-0.4, -0.2) is 0 Å². The number of hydrogen-bond acceptors (Lipinski definition) is 3. The molecule has 0 saturated carbocycles. The van der Waals surface area contributed by atoms with Crippen LogP contribution in [0.4, 0.5) is 17.1 Å². The van der Waals surface area contributed by atoms with Gasteiger partial charge in [0, 0.05) is 28.0 Å². The number of anilines is 3. The molecule has 0 saturated heterocycles. The molecule has 2 aliphatic rings. The van der Waals surface area contributed by atoms with Crippen LogP contribution in [0.2, 0.25) is 0 Å². The van der Waals surface area contributed by atoms with Crippen LogP contribution < -0.4 is 14.4 Å². The maximum atomic E-state index is 6.56. The van der Waals surface area contributed by atoms with E-state index < -0.39 is 0 Å². The second-order valence-electron chi connectivity index (χ2n) is 11.4. The van der Waals surface area contributed by atoms with Gasteiger partial charge in [-0.2, -0.15) is 0 Å². The molecular weight excluding hydrogens is 514 g/mol. The molecule has 202 valence electrons. The maximum absolute atomic E-state index is 6.56. The summed E-state index contributed by atoms with van der Waals surface area (Å²) in [5.41, 5.74) is 10.3. The first-order valence-corrected chi connectivity index (χ1v) is 14.4. The lowest BCUT2D eigenvalue weighted by Crippen LogP contribution is -2.15. The van der Waals surface area contributed by atoms with E-state index >= 15 is 0 Å². The van der Waals surface area contributed by atoms with E-state index in [4.69, 9.17) is 9.47 Å². The number of para-hydroxylation sites is 3. The Balaban J connectivity index is 1.28. The molecule has 0 unspecified atom stereocenters. The molecule has 0 N–H and O–H groups in total. The fourth-order valence-corrected chi connectivity index (χ4v) is 6.41. The number of hydrogen-bond donors (Lipinski definition) is 0. The summed E-state index contributed by atoms with van der Waals surface area (Å²) < 4.78 is 12.9. The van der Waals surface area contributed by atoms with Crippen LogP contribution in [0.3, 0.4) is 0 Å². The smallest absolute Gasteiger partial charge is 0.178 e. The Morgan fingerprint density at radius 1 is 0.476 bits per heavy atom. The average molecular weight is 544 g/mol. The molecule has 1 aliphatic heterocycles. The monoisotopic (exact) mass is 543 g/mol. The van der Waals surface area contributed by atoms with Crippen molar-refractivity contribution >= 4 is 17.1 Å².